The molecule has 0 aliphatic heterocycles. The molecule has 0 aromatic heterocycles. The van der Waals surface area contributed by atoms with Gasteiger partial charge in [-0.2, -0.15) is 0 Å². The maximum Gasteiger partial charge on any atom is 0.264 e. The highest BCUT2D eigenvalue weighted by atomic mass is 32.2. The van der Waals surface area contributed by atoms with Crippen LogP contribution in [0.5, 0.6) is 0 Å². The molecular weight excluding hydrogens is 510 g/mol. The van der Waals surface area contributed by atoms with Gasteiger partial charge in [0, 0.05) is 13.1 Å². The maximum atomic E-state index is 14.1. The molecule has 0 aliphatic carbocycles. The number of sulfonamides is 1. The zero-order valence-electron chi connectivity index (χ0n) is 23.5. The Morgan fingerprint density at radius 2 is 1.44 bits per heavy atom. The van der Waals surface area contributed by atoms with Gasteiger partial charge < -0.3 is 10.2 Å². The second-order valence-electron chi connectivity index (χ2n) is 9.82. The second kappa shape index (κ2) is 13.4. The molecule has 0 aliphatic rings. The van der Waals surface area contributed by atoms with E-state index >= 15 is 0 Å². The average Bonchev–Trinajstić information content (AvgIpc) is 2.92. The third-order valence-corrected chi connectivity index (χ3v) is 8.53. The highest BCUT2D eigenvalue weighted by Crippen LogP contribution is 2.26. The van der Waals surface area contributed by atoms with Crippen molar-refractivity contribution in [2.45, 2.75) is 64.9 Å². The Labute approximate surface area is 232 Å². The normalized spacial score (nSPS) is 12.0. The quantitative estimate of drug-likeness (QED) is 0.339. The summed E-state index contributed by atoms with van der Waals surface area (Å²) in [5.41, 5.74) is 4.17. The zero-order chi connectivity index (χ0) is 28.6. The first-order valence-corrected chi connectivity index (χ1v) is 14.8. The van der Waals surface area contributed by atoms with Gasteiger partial charge in [0.25, 0.3) is 10.0 Å². The smallest absolute Gasteiger partial charge is 0.264 e. The SMILES string of the molecule is CCCNC(=O)[C@@H](CC)N(Cc1ccccc1C)C(=O)CN(c1ccc(C)cc1)S(=O)(=O)c1ccc(C)cc1. The Hall–Kier alpha value is -3.65. The summed E-state index contributed by atoms with van der Waals surface area (Å²) >= 11 is 0. The van der Waals surface area contributed by atoms with Crippen LogP contribution in [0.1, 0.15) is 48.9 Å². The molecule has 0 saturated carbocycles. The third-order valence-electron chi connectivity index (χ3n) is 6.75. The van der Waals surface area contributed by atoms with E-state index in [2.05, 4.69) is 5.32 Å². The number of amides is 2. The third kappa shape index (κ3) is 7.47. The molecule has 1 atom stereocenters. The van der Waals surface area contributed by atoms with Gasteiger partial charge in [0.05, 0.1) is 10.6 Å². The number of rotatable bonds is 12. The first-order valence-electron chi connectivity index (χ1n) is 13.4. The molecule has 2 amide bonds. The lowest BCUT2D eigenvalue weighted by atomic mass is 10.1. The van der Waals surface area contributed by atoms with Crippen molar-refractivity contribution < 1.29 is 18.0 Å². The monoisotopic (exact) mass is 549 g/mol. The summed E-state index contributed by atoms with van der Waals surface area (Å²) in [4.78, 5) is 28.8. The highest BCUT2D eigenvalue weighted by Gasteiger charge is 2.33. The fourth-order valence-electron chi connectivity index (χ4n) is 4.33. The van der Waals surface area contributed by atoms with Gasteiger partial charge in [-0.25, -0.2) is 8.42 Å². The molecule has 0 saturated heterocycles. The van der Waals surface area contributed by atoms with Crippen LogP contribution in [0, 0.1) is 20.8 Å². The van der Waals surface area contributed by atoms with Crippen molar-refractivity contribution >= 4 is 27.5 Å². The number of benzene rings is 3. The average molecular weight is 550 g/mol. The van der Waals surface area contributed by atoms with E-state index in [1.807, 2.05) is 71.0 Å². The Bertz CT molecular complexity index is 1370. The van der Waals surface area contributed by atoms with Crippen molar-refractivity contribution in [3.8, 4) is 0 Å². The van der Waals surface area contributed by atoms with Crippen molar-refractivity contribution in [3.05, 3.63) is 95.1 Å². The van der Waals surface area contributed by atoms with E-state index in [0.717, 1.165) is 33.0 Å². The first kappa shape index (κ1) is 29.9. The van der Waals surface area contributed by atoms with Gasteiger partial charge in [-0.15, -0.1) is 0 Å². The van der Waals surface area contributed by atoms with Gasteiger partial charge in [0.15, 0.2) is 0 Å². The van der Waals surface area contributed by atoms with Crippen LogP contribution in [-0.4, -0.2) is 44.3 Å². The summed E-state index contributed by atoms with van der Waals surface area (Å²) in [6.45, 7) is 9.82. The molecule has 8 heteroatoms. The Balaban J connectivity index is 2.05. The van der Waals surface area contributed by atoms with Crippen LogP contribution in [0.3, 0.4) is 0 Å². The largest absolute Gasteiger partial charge is 0.354 e. The summed E-state index contributed by atoms with van der Waals surface area (Å²) < 4.78 is 28.9. The molecule has 3 aromatic rings. The number of hydrogen-bond acceptors (Lipinski definition) is 4. The van der Waals surface area contributed by atoms with Crippen LogP contribution in [0.4, 0.5) is 5.69 Å². The standard InChI is InChI=1S/C31H39N3O4S/c1-6-20-32-31(36)29(7-2)33(21-26-11-9-8-10-25(26)5)30(35)22-34(27-16-12-23(3)13-17-27)39(37,38)28-18-14-24(4)15-19-28/h8-19,29H,6-7,20-22H2,1-5H3,(H,32,36)/t29-/m1/s1. The molecule has 0 radical (unpaired) electrons. The van der Waals surface area contributed by atoms with Crippen molar-refractivity contribution in [1.29, 1.82) is 0 Å². The number of anilines is 1. The number of nitrogens with zero attached hydrogens (tertiary/aromatic N) is 2. The molecule has 0 fully saturated rings. The molecule has 0 spiro atoms. The van der Waals surface area contributed by atoms with Crippen LogP contribution in [0.25, 0.3) is 0 Å². The van der Waals surface area contributed by atoms with E-state index in [0.29, 0.717) is 18.7 Å². The van der Waals surface area contributed by atoms with E-state index in [-0.39, 0.29) is 17.3 Å². The van der Waals surface area contributed by atoms with Gasteiger partial charge in [-0.1, -0.05) is 73.5 Å². The van der Waals surface area contributed by atoms with Gasteiger partial charge in [-0.05, 0) is 69.0 Å². The van der Waals surface area contributed by atoms with Gasteiger partial charge >= 0.3 is 0 Å². The van der Waals surface area contributed by atoms with E-state index in [1.54, 1.807) is 36.4 Å². The topological polar surface area (TPSA) is 86.8 Å². The Morgan fingerprint density at radius 3 is 2.00 bits per heavy atom. The number of carbonyl (C=O) groups excluding carboxylic acids is 2. The summed E-state index contributed by atoms with van der Waals surface area (Å²) in [7, 11) is -4.07. The molecule has 3 aromatic carbocycles. The molecular formula is C31H39N3O4S. The van der Waals surface area contributed by atoms with Crippen molar-refractivity contribution in [1.82, 2.24) is 10.2 Å². The molecule has 0 bridgehead atoms. The van der Waals surface area contributed by atoms with Gasteiger partial charge in [0.1, 0.15) is 12.6 Å². The minimum Gasteiger partial charge on any atom is -0.354 e. The van der Waals surface area contributed by atoms with Crippen LogP contribution in [0.15, 0.2) is 77.7 Å². The van der Waals surface area contributed by atoms with Crippen LogP contribution >= 0.6 is 0 Å². The fraction of sp³-hybridized carbons (Fsp3) is 0.355. The van der Waals surface area contributed by atoms with E-state index in [4.69, 9.17) is 0 Å². The predicted molar refractivity (Wildman–Crippen MR) is 156 cm³/mol. The second-order valence-corrected chi connectivity index (χ2v) is 11.7. The van der Waals surface area contributed by atoms with Crippen molar-refractivity contribution in [2.24, 2.45) is 0 Å². The summed E-state index contributed by atoms with van der Waals surface area (Å²) in [5, 5.41) is 2.91. The number of nitrogens with one attached hydrogen (secondary N) is 1. The highest BCUT2D eigenvalue weighted by molar-refractivity contribution is 7.92. The number of aryl methyl sites for hydroxylation is 3. The first-order chi connectivity index (χ1) is 18.6. The summed E-state index contributed by atoms with van der Waals surface area (Å²) in [5.74, 6) is -0.697. The van der Waals surface area contributed by atoms with Crippen LogP contribution in [0.2, 0.25) is 0 Å². The van der Waals surface area contributed by atoms with Gasteiger partial charge in [0.2, 0.25) is 11.8 Å². The number of hydrogen-bond donors (Lipinski definition) is 1. The molecule has 7 nitrogen and oxygen atoms in total. The lowest BCUT2D eigenvalue weighted by Gasteiger charge is -2.33. The zero-order valence-corrected chi connectivity index (χ0v) is 24.3. The molecule has 1 N–H and O–H groups in total. The fourth-order valence-corrected chi connectivity index (χ4v) is 5.75. The minimum atomic E-state index is -4.07. The van der Waals surface area contributed by atoms with Crippen LogP contribution < -0.4 is 9.62 Å². The summed E-state index contributed by atoms with van der Waals surface area (Å²) in [6, 6.07) is 20.5. The van der Waals surface area contributed by atoms with E-state index in [9.17, 15) is 18.0 Å². The molecule has 39 heavy (non-hydrogen) atoms. The van der Waals surface area contributed by atoms with Crippen molar-refractivity contribution in [3.63, 3.8) is 0 Å². The Morgan fingerprint density at radius 1 is 0.846 bits per heavy atom. The lowest BCUT2D eigenvalue weighted by molar-refractivity contribution is -0.140. The predicted octanol–water partition coefficient (Wildman–Crippen LogP) is 5.14. The van der Waals surface area contributed by atoms with Gasteiger partial charge in [-0.3, -0.25) is 13.9 Å². The Kier molecular flexibility index (Phi) is 10.3. The maximum absolute atomic E-state index is 14.1. The van der Waals surface area contributed by atoms with Crippen LogP contribution in [-0.2, 0) is 26.2 Å². The van der Waals surface area contributed by atoms with E-state index < -0.39 is 28.5 Å². The minimum absolute atomic E-state index is 0.0969. The molecule has 208 valence electrons. The lowest BCUT2D eigenvalue weighted by Crippen LogP contribution is -2.52. The summed E-state index contributed by atoms with van der Waals surface area (Å²) in [6.07, 6.45) is 1.16. The molecule has 0 heterocycles. The van der Waals surface area contributed by atoms with Crippen molar-refractivity contribution in [2.75, 3.05) is 17.4 Å². The number of carbonyl (C=O) groups is 2. The molecule has 3 rings (SSSR count). The van der Waals surface area contributed by atoms with E-state index in [1.165, 1.54) is 4.90 Å². The molecule has 0 unspecified atom stereocenters.